The molecule has 0 bridgehead atoms. The van der Waals surface area contributed by atoms with Gasteiger partial charge in [-0.3, -0.25) is 0 Å². The van der Waals surface area contributed by atoms with Crippen molar-refractivity contribution in [2.75, 3.05) is 0 Å². The van der Waals surface area contributed by atoms with Gasteiger partial charge in [0, 0.05) is 21.7 Å². The van der Waals surface area contributed by atoms with E-state index in [1.807, 2.05) is 0 Å². The summed E-state index contributed by atoms with van der Waals surface area (Å²) in [4.78, 5) is 0. The number of hydrogen-bond acceptors (Lipinski definition) is 4. The molecule has 0 spiro atoms. The molecule has 1 fully saturated rings. The minimum Gasteiger partial charge on any atom is -0.384 e. The van der Waals surface area contributed by atoms with Gasteiger partial charge in [0.1, 0.15) is 6.10 Å². The summed E-state index contributed by atoms with van der Waals surface area (Å²) < 4.78 is 29.5. The number of aliphatic hydroxyl groups is 2. The molecule has 8 heteroatoms. The molecule has 82 valence electrons. The maximum absolute atomic E-state index is 12.5. The van der Waals surface area contributed by atoms with Crippen molar-refractivity contribution in [1.82, 2.24) is 0 Å². The van der Waals surface area contributed by atoms with Gasteiger partial charge in [-0.15, -0.1) is 0 Å². The fourth-order valence-electron chi connectivity index (χ4n) is 1.04. The molecule has 1 heterocycles. The van der Waals surface area contributed by atoms with E-state index >= 15 is 0 Å². The Balaban J connectivity index is 0. The Labute approximate surface area is 103 Å². The third-order valence-corrected chi connectivity index (χ3v) is 1.78. The van der Waals surface area contributed by atoms with Crippen molar-refractivity contribution in [3.8, 4) is 0 Å². The van der Waals surface area contributed by atoms with E-state index < -0.39 is 24.4 Å². The van der Waals surface area contributed by atoms with Gasteiger partial charge in [0.25, 0.3) is 0 Å². The van der Waals surface area contributed by atoms with Gasteiger partial charge in [-0.2, -0.15) is 8.78 Å². The predicted molar refractivity (Wildman–Crippen MR) is 47.8 cm³/mol. The standard InChI is InChI=1S/C6H10F2O3.HPS.Ti/c1-2-3-4(9)6(7,8)5(10)11-3;1-2;/h3-5,9-10H,2H2,1H3;1H;/t3-,4-,5?;;/m1../s1. The molecule has 0 aromatic rings. The van der Waals surface area contributed by atoms with Crippen LogP contribution in [0.25, 0.3) is 0 Å². The van der Waals surface area contributed by atoms with Crippen molar-refractivity contribution in [2.24, 2.45) is 0 Å². The minimum atomic E-state index is -3.53. The molecule has 3 atom stereocenters. The molecule has 1 aliphatic heterocycles. The minimum absolute atomic E-state index is 0. The average Bonchev–Trinajstić information content (AvgIpc) is 2.32. The summed E-state index contributed by atoms with van der Waals surface area (Å²) in [5.74, 6) is -3.53. The van der Waals surface area contributed by atoms with E-state index in [9.17, 15) is 8.78 Å². The third-order valence-electron chi connectivity index (χ3n) is 1.78. The number of aliphatic hydroxyl groups excluding tert-OH is 2. The summed E-state index contributed by atoms with van der Waals surface area (Å²) in [6.07, 6.45) is -4.75. The Morgan fingerprint density at radius 3 is 2.00 bits per heavy atom. The largest absolute Gasteiger partial charge is 0.384 e. The number of halogens is 2. The fraction of sp³-hybridized carbons (Fsp3) is 1.00. The molecule has 1 saturated heterocycles. The first-order valence-electron chi connectivity index (χ1n) is 3.60. The summed E-state index contributed by atoms with van der Waals surface area (Å²) in [7, 11) is 2.56. The maximum atomic E-state index is 12.5. The number of hydrogen-bond donors (Lipinski definition) is 2. The van der Waals surface area contributed by atoms with E-state index in [2.05, 4.69) is 24.6 Å². The van der Waals surface area contributed by atoms with Gasteiger partial charge in [0.2, 0.25) is 6.29 Å². The topological polar surface area (TPSA) is 49.7 Å². The smallest absolute Gasteiger partial charge is 0.325 e. The van der Waals surface area contributed by atoms with Crippen LogP contribution in [0.2, 0.25) is 0 Å². The zero-order valence-electron chi connectivity index (χ0n) is 7.41. The van der Waals surface area contributed by atoms with Gasteiger partial charge >= 0.3 is 5.92 Å². The normalized spacial score (nSPS) is 33.9. The summed E-state index contributed by atoms with van der Waals surface area (Å²) in [5.41, 5.74) is 0. The van der Waals surface area contributed by atoms with E-state index in [0.29, 0.717) is 0 Å². The van der Waals surface area contributed by atoms with E-state index in [1.165, 1.54) is 0 Å². The molecule has 1 unspecified atom stereocenters. The molecule has 0 aromatic carbocycles. The second-order valence-corrected chi connectivity index (χ2v) is 2.55. The molecule has 0 amide bonds. The maximum Gasteiger partial charge on any atom is 0.325 e. The van der Waals surface area contributed by atoms with Crippen LogP contribution in [-0.2, 0) is 38.3 Å². The van der Waals surface area contributed by atoms with Crippen molar-refractivity contribution < 1.29 is 45.4 Å². The Kier molecular flexibility index (Phi) is 9.03. The van der Waals surface area contributed by atoms with Crippen LogP contribution in [0.15, 0.2) is 0 Å². The first-order chi connectivity index (χ1) is 6.00. The van der Waals surface area contributed by atoms with Crippen molar-refractivity contribution >= 4 is 19.8 Å². The fourth-order valence-corrected chi connectivity index (χ4v) is 1.04. The first-order valence-corrected chi connectivity index (χ1v) is 5.23. The van der Waals surface area contributed by atoms with Gasteiger partial charge in [-0.05, 0) is 14.4 Å². The van der Waals surface area contributed by atoms with E-state index in [4.69, 9.17) is 10.2 Å². The van der Waals surface area contributed by atoms with E-state index in [1.54, 1.807) is 6.92 Å². The summed E-state index contributed by atoms with van der Waals surface area (Å²) in [6.45, 7) is 1.60. The van der Waals surface area contributed by atoms with Crippen molar-refractivity contribution in [3.05, 3.63) is 0 Å². The molecule has 0 saturated carbocycles. The predicted octanol–water partition coefficient (Wildman–Crippen LogP) is 0.698. The average molecular weight is 280 g/mol. The Morgan fingerprint density at radius 1 is 1.43 bits per heavy atom. The molecule has 1 aliphatic rings. The zero-order valence-corrected chi connectivity index (χ0v) is 10.8. The second kappa shape index (κ2) is 7.28. The monoisotopic (exact) mass is 280 g/mol. The Morgan fingerprint density at radius 2 is 1.86 bits per heavy atom. The molecule has 0 aliphatic carbocycles. The van der Waals surface area contributed by atoms with Crippen LogP contribution in [-0.4, -0.2) is 34.6 Å². The number of alkyl halides is 2. The third kappa shape index (κ3) is 3.52. The molecule has 2 N–H and O–H groups in total. The quantitative estimate of drug-likeness (QED) is 0.548. The Bertz CT molecular complexity index is 177. The molecule has 14 heavy (non-hydrogen) atoms. The van der Waals surface area contributed by atoms with E-state index in [0.717, 1.165) is 0 Å². The van der Waals surface area contributed by atoms with Gasteiger partial charge in [-0.1, -0.05) is 18.7 Å². The Hall–Kier alpha value is 0.974. The van der Waals surface area contributed by atoms with Crippen LogP contribution in [0.1, 0.15) is 13.3 Å². The van der Waals surface area contributed by atoms with Gasteiger partial charge in [0.05, 0.1) is 6.10 Å². The molecule has 0 aromatic heterocycles. The van der Waals surface area contributed by atoms with Gasteiger partial charge in [-0.25, -0.2) is 0 Å². The van der Waals surface area contributed by atoms with Gasteiger partial charge in [0.15, 0.2) is 0 Å². The summed E-state index contributed by atoms with van der Waals surface area (Å²) in [6, 6.07) is 0. The van der Waals surface area contributed by atoms with Crippen molar-refractivity contribution in [3.63, 3.8) is 0 Å². The summed E-state index contributed by atoms with van der Waals surface area (Å²) in [5, 5.41) is 17.4. The van der Waals surface area contributed by atoms with Crippen LogP contribution in [0, 0.1) is 0 Å². The molecular formula is C6H11F2O3PSTi. The van der Waals surface area contributed by atoms with Crippen LogP contribution in [0.4, 0.5) is 8.78 Å². The molecule has 0 radical (unpaired) electrons. The molecular weight excluding hydrogens is 269 g/mol. The second-order valence-electron chi connectivity index (χ2n) is 2.55. The van der Waals surface area contributed by atoms with Crippen LogP contribution < -0.4 is 0 Å². The van der Waals surface area contributed by atoms with E-state index in [-0.39, 0.29) is 28.1 Å². The number of rotatable bonds is 1. The SMILES string of the molecule is CC[C@H]1OC(O)C(F)(F)[C@@H]1O.P=S.[Ti]. The van der Waals surface area contributed by atoms with Crippen LogP contribution in [0.3, 0.4) is 0 Å². The van der Waals surface area contributed by atoms with Crippen molar-refractivity contribution in [2.45, 2.75) is 37.8 Å². The van der Waals surface area contributed by atoms with Gasteiger partial charge < -0.3 is 14.9 Å². The molecule has 1 rings (SSSR count). The summed E-state index contributed by atoms with van der Waals surface area (Å²) >= 11 is 3.89. The van der Waals surface area contributed by atoms with Crippen LogP contribution >= 0.6 is 8.02 Å². The van der Waals surface area contributed by atoms with Crippen molar-refractivity contribution in [1.29, 1.82) is 0 Å². The zero-order chi connectivity index (χ0) is 10.6. The first kappa shape index (κ1) is 17.4. The molecule has 3 nitrogen and oxygen atoms in total. The van der Waals surface area contributed by atoms with Crippen LogP contribution in [0.5, 0.6) is 0 Å². The number of ether oxygens (including phenoxy) is 1.